The zero-order chi connectivity index (χ0) is 7.44. The van der Waals surface area contributed by atoms with Gasteiger partial charge in [0.1, 0.15) is 6.04 Å². The lowest BCUT2D eigenvalue weighted by atomic mass is 10.4. The first kappa shape index (κ1) is 8.23. The highest BCUT2D eigenvalue weighted by Gasteiger charge is 2.10. The van der Waals surface area contributed by atoms with Gasteiger partial charge in [0, 0.05) is 0 Å². The monoisotopic (exact) mass is 151 g/mol. The Bertz CT molecular complexity index is 136. The summed E-state index contributed by atoms with van der Waals surface area (Å²) in [5.74, 6) is 0. The lowest BCUT2D eigenvalue weighted by Gasteiger charge is -2.02. The lowest BCUT2D eigenvalue weighted by molar-refractivity contribution is -0.113. The molecule has 1 amide bonds. The fraction of sp³-hybridized carbons (Fsp3) is 0.500. The summed E-state index contributed by atoms with van der Waals surface area (Å²) in [7, 11) is 0. The number of hydrogen-bond acceptors (Lipinski definition) is 2. The maximum atomic E-state index is 10.1. The molecule has 2 N–H and O–H groups in total. The quantitative estimate of drug-likeness (QED) is 0.562. The number of carboxylic acid groups (broad SMARTS) is 1. The molecule has 0 aliphatic carbocycles. The van der Waals surface area contributed by atoms with Crippen LogP contribution in [0.2, 0.25) is 0 Å². The molecule has 0 aliphatic heterocycles. The van der Waals surface area contributed by atoms with Gasteiger partial charge in [0.15, 0.2) is 0 Å². The zero-order valence-corrected chi connectivity index (χ0v) is 5.47. The van der Waals surface area contributed by atoms with Gasteiger partial charge in [-0.05, 0) is 18.5 Å². The van der Waals surface area contributed by atoms with Crippen LogP contribution in [0.1, 0.15) is 6.92 Å². The molecule has 5 heteroatoms. The average Bonchev–Trinajstić information content (AvgIpc) is 1.63. The largest absolute Gasteiger partial charge is 0.465 e. The summed E-state index contributed by atoms with van der Waals surface area (Å²) in [6, 6.07) is -0.829. The van der Waals surface area contributed by atoms with Crippen LogP contribution in [0.25, 0.3) is 0 Å². The summed E-state index contributed by atoms with van der Waals surface area (Å²) < 4.78 is 0. The Hall–Kier alpha value is -0.770. The van der Waals surface area contributed by atoms with Crippen molar-refractivity contribution in [1.82, 2.24) is 5.32 Å². The van der Waals surface area contributed by atoms with Crippen LogP contribution in [0, 0.1) is 0 Å². The van der Waals surface area contributed by atoms with Crippen molar-refractivity contribution in [2.45, 2.75) is 13.0 Å². The van der Waals surface area contributed by atoms with Gasteiger partial charge in [-0.3, -0.25) is 4.79 Å². The molecule has 4 nitrogen and oxygen atoms in total. The summed E-state index contributed by atoms with van der Waals surface area (Å²) in [5, 5.41) is 9.18. The predicted molar refractivity (Wildman–Crippen MR) is 31.5 cm³/mol. The summed E-state index contributed by atoms with van der Waals surface area (Å²) in [6.07, 6.45) is -1.25. The van der Waals surface area contributed by atoms with Crippen LogP contribution in [0.5, 0.6) is 0 Å². The molecular weight excluding hydrogens is 146 g/mol. The van der Waals surface area contributed by atoms with Crippen molar-refractivity contribution in [3.8, 4) is 0 Å². The van der Waals surface area contributed by atoms with E-state index in [1.807, 2.05) is 5.32 Å². The van der Waals surface area contributed by atoms with Crippen molar-refractivity contribution < 1.29 is 14.7 Å². The Labute approximate surface area is 56.8 Å². The molecule has 9 heavy (non-hydrogen) atoms. The number of carbonyl (C=O) groups excluding carboxylic acids is 1. The molecule has 1 unspecified atom stereocenters. The second-order valence-electron chi connectivity index (χ2n) is 1.48. The Morgan fingerprint density at radius 2 is 2.11 bits per heavy atom. The standard InChI is InChI=1S/C4H6ClNO3/c1-2(3(5)7)6-4(8)9/h2,6H,1H3,(H,8,9). The molecule has 0 heterocycles. The van der Waals surface area contributed by atoms with E-state index in [0.717, 1.165) is 0 Å². The van der Waals surface area contributed by atoms with Gasteiger partial charge in [-0.25, -0.2) is 4.79 Å². The van der Waals surface area contributed by atoms with Crippen LogP contribution in [-0.4, -0.2) is 22.5 Å². The molecule has 0 fully saturated rings. The summed E-state index contributed by atoms with van der Waals surface area (Å²) in [4.78, 5) is 19.9. The highest BCUT2D eigenvalue weighted by atomic mass is 35.5. The number of halogens is 1. The van der Waals surface area contributed by atoms with E-state index in [1.54, 1.807) is 0 Å². The van der Waals surface area contributed by atoms with Crippen molar-refractivity contribution in [1.29, 1.82) is 0 Å². The molecule has 0 spiro atoms. The first-order valence-corrected chi connectivity index (χ1v) is 2.60. The van der Waals surface area contributed by atoms with Crippen molar-refractivity contribution in [3.63, 3.8) is 0 Å². The molecule has 0 aliphatic rings. The van der Waals surface area contributed by atoms with Crippen LogP contribution in [0.4, 0.5) is 4.79 Å². The smallest absolute Gasteiger partial charge is 0.405 e. The molecule has 0 bridgehead atoms. The number of hydrogen-bond donors (Lipinski definition) is 2. The van der Waals surface area contributed by atoms with Crippen LogP contribution in [-0.2, 0) is 4.79 Å². The predicted octanol–water partition coefficient (Wildman–Crippen LogP) is 0.408. The van der Waals surface area contributed by atoms with Gasteiger partial charge < -0.3 is 10.4 Å². The van der Waals surface area contributed by atoms with Gasteiger partial charge in [0.25, 0.3) is 0 Å². The van der Waals surface area contributed by atoms with Crippen LogP contribution in [0.15, 0.2) is 0 Å². The van der Waals surface area contributed by atoms with E-state index < -0.39 is 17.4 Å². The van der Waals surface area contributed by atoms with E-state index in [9.17, 15) is 9.59 Å². The third-order valence-corrected chi connectivity index (χ3v) is 1.01. The third-order valence-electron chi connectivity index (χ3n) is 0.680. The van der Waals surface area contributed by atoms with Crippen molar-refractivity contribution in [2.24, 2.45) is 0 Å². The van der Waals surface area contributed by atoms with Gasteiger partial charge in [0.2, 0.25) is 5.24 Å². The highest BCUT2D eigenvalue weighted by molar-refractivity contribution is 6.64. The molecule has 0 aromatic rings. The van der Waals surface area contributed by atoms with Crippen molar-refractivity contribution >= 4 is 22.9 Å². The van der Waals surface area contributed by atoms with Gasteiger partial charge in [-0.15, -0.1) is 0 Å². The summed E-state index contributed by atoms with van der Waals surface area (Å²) in [5.41, 5.74) is 0. The fourth-order valence-corrected chi connectivity index (χ4v) is 0.297. The van der Waals surface area contributed by atoms with Gasteiger partial charge >= 0.3 is 6.09 Å². The number of amides is 1. The molecule has 0 saturated carbocycles. The van der Waals surface area contributed by atoms with Crippen LogP contribution >= 0.6 is 11.6 Å². The van der Waals surface area contributed by atoms with Gasteiger partial charge in [-0.1, -0.05) is 0 Å². The minimum absolute atomic E-state index is 0.711. The highest BCUT2D eigenvalue weighted by Crippen LogP contribution is 1.87. The van der Waals surface area contributed by atoms with Crippen molar-refractivity contribution in [2.75, 3.05) is 0 Å². The zero-order valence-electron chi connectivity index (χ0n) is 4.72. The minimum Gasteiger partial charge on any atom is -0.465 e. The van der Waals surface area contributed by atoms with E-state index in [2.05, 4.69) is 0 Å². The molecule has 0 aromatic heterocycles. The van der Waals surface area contributed by atoms with E-state index in [-0.39, 0.29) is 0 Å². The summed E-state index contributed by atoms with van der Waals surface area (Å²) in [6.45, 7) is 1.36. The van der Waals surface area contributed by atoms with E-state index in [4.69, 9.17) is 16.7 Å². The molecule has 0 saturated heterocycles. The Balaban J connectivity index is 3.63. The second kappa shape index (κ2) is 3.29. The van der Waals surface area contributed by atoms with Gasteiger partial charge in [-0.2, -0.15) is 0 Å². The van der Waals surface area contributed by atoms with E-state index >= 15 is 0 Å². The minimum atomic E-state index is -1.25. The van der Waals surface area contributed by atoms with Crippen LogP contribution < -0.4 is 5.32 Å². The number of carbonyl (C=O) groups is 2. The number of nitrogens with one attached hydrogen (secondary N) is 1. The summed E-state index contributed by atoms with van der Waals surface area (Å²) >= 11 is 4.91. The second-order valence-corrected chi connectivity index (χ2v) is 1.85. The molecule has 0 rings (SSSR count). The Morgan fingerprint density at radius 1 is 1.67 bits per heavy atom. The normalized spacial score (nSPS) is 12.2. The first-order chi connectivity index (χ1) is 4.04. The van der Waals surface area contributed by atoms with Crippen LogP contribution in [0.3, 0.4) is 0 Å². The Kier molecular flexibility index (Phi) is 3.01. The molecule has 0 aromatic carbocycles. The fourth-order valence-electron chi connectivity index (χ4n) is 0.242. The van der Waals surface area contributed by atoms with E-state index in [1.165, 1.54) is 6.92 Å². The van der Waals surface area contributed by atoms with Gasteiger partial charge in [0.05, 0.1) is 0 Å². The maximum absolute atomic E-state index is 10.1. The molecule has 52 valence electrons. The van der Waals surface area contributed by atoms with Crippen molar-refractivity contribution in [3.05, 3.63) is 0 Å². The first-order valence-electron chi connectivity index (χ1n) is 2.23. The molecule has 1 atom stereocenters. The van der Waals surface area contributed by atoms with E-state index in [0.29, 0.717) is 0 Å². The SMILES string of the molecule is CC(NC(=O)O)C(=O)Cl. The Morgan fingerprint density at radius 3 is 2.22 bits per heavy atom. The maximum Gasteiger partial charge on any atom is 0.405 e. The third kappa shape index (κ3) is 3.78. The topological polar surface area (TPSA) is 66.4 Å². The number of rotatable bonds is 2. The lowest BCUT2D eigenvalue weighted by Crippen LogP contribution is -2.35. The molecular formula is C4H6ClNO3. The average molecular weight is 152 g/mol. The molecule has 0 radical (unpaired) electrons.